The lowest BCUT2D eigenvalue weighted by Gasteiger charge is -2.30. The summed E-state index contributed by atoms with van der Waals surface area (Å²) in [6.07, 6.45) is 2.30. The molecule has 0 unspecified atom stereocenters. The van der Waals surface area contributed by atoms with E-state index in [1.54, 1.807) is 31.4 Å². The summed E-state index contributed by atoms with van der Waals surface area (Å²) in [5, 5.41) is 6.30. The molecule has 32 heavy (non-hydrogen) atoms. The van der Waals surface area contributed by atoms with E-state index in [2.05, 4.69) is 21.6 Å². The highest BCUT2D eigenvalue weighted by atomic mass is 35.5. The number of carbonyl (C=O) groups excluding carboxylic acids is 2. The van der Waals surface area contributed by atoms with Crippen LogP contribution in [0.1, 0.15) is 48.7 Å². The van der Waals surface area contributed by atoms with Gasteiger partial charge in [-0.05, 0) is 61.7 Å². The zero-order chi connectivity index (χ0) is 23.1. The first-order valence-electron chi connectivity index (χ1n) is 11.1. The van der Waals surface area contributed by atoms with Gasteiger partial charge in [-0.1, -0.05) is 49.7 Å². The van der Waals surface area contributed by atoms with E-state index < -0.39 is 6.04 Å². The molecule has 0 spiro atoms. The van der Waals surface area contributed by atoms with Crippen molar-refractivity contribution in [1.82, 2.24) is 15.5 Å². The lowest BCUT2D eigenvalue weighted by Crippen LogP contribution is -2.51. The van der Waals surface area contributed by atoms with Crippen molar-refractivity contribution in [2.45, 2.75) is 38.8 Å². The van der Waals surface area contributed by atoms with E-state index in [0.717, 1.165) is 37.2 Å². The Kier molecular flexibility index (Phi) is 8.53. The third-order valence-corrected chi connectivity index (χ3v) is 6.21. The molecule has 0 aliphatic carbocycles. The molecule has 0 saturated carbocycles. The summed E-state index contributed by atoms with van der Waals surface area (Å²) in [6.45, 7) is 6.27. The average molecular weight is 458 g/mol. The van der Waals surface area contributed by atoms with E-state index in [1.165, 1.54) is 0 Å². The predicted octanol–water partition coefficient (Wildman–Crippen LogP) is 4.06. The van der Waals surface area contributed by atoms with Crippen molar-refractivity contribution in [3.05, 3.63) is 64.7 Å². The predicted molar refractivity (Wildman–Crippen MR) is 127 cm³/mol. The number of nitrogens with one attached hydrogen (secondary N) is 2. The number of methoxy groups -OCH3 is 1. The van der Waals surface area contributed by atoms with Gasteiger partial charge in [0.1, 0.15) is 11.8 Å². The SMILES string of the molecule is COc1cccc([C@H](CNC(=O)[C@H](NC(=O)c2ccccc2Cl)C(C)C)N2CCCC2)c1. The van der Waals surface area contributed by atoms with Crippen LogP contribution in [0.15, 0.2) is 48.5 Å². The monoisotopic (exact) mass is 457 g/mol. The Bertz CT molecular complexity index is 928. The van der Waals surface area contributed by atoms with Crippen LogP contribution in [0, 0.1) is 5.92 Å². The number of nitrogens with zero attached hydrogens (tertiary/aromatic N) is 1. The van der Waals surface area contributed by atoms with Crippen LogP contribution in [0.4, 0.5) is 0 Å². The normalized spacial score (nSPS) is 15.9. The summed E-state index contributed by atoms with van der Waals surface area (Å²) in [6, 6.07) is 14.2. The number of carbonyl (C=O) groups is 2. The smallest absolute Gasteiger partial charge is 0.253 e. The molecule has 172 valence electrons. The van der Waals surface area contributed by atoms with Crippen molar-refractivity contribution in [1.29, 1.82) is 0 Å². The second-order valence-electron chi connectivity index (χ2n) is 8.46. The molecule has 2 aromatic carbocycles. The Labute approximate surface area is 195 Å². The molecule has 1 heterocycles. The number of amides is 2. The lowest BCUT2D eigenvalue weighted by atomic mass is 10.0. The first-order valence-corrected chi connectivity index (χ1v) is 11.5. The van der Waals surface area contributed by atoms with Gasteiger partial charge in [0.25, 0.3) is 5.91 Å². The zero-order valence-electron chi connectivity index (χ0n) is 18.9. The van der Waals surface area contributed by atoms with E-state index in [4.69, 9.17) is 16.3 Å². The fraction of sp³-hybridized carbons (Fsp3) is 0.440. The van der Waals surface area contributed by atoms with Crippen molar-refractivity contribution >= 4 is 23.4 Å². The van der Waals surface area contributed by atoms with E-state index in [0.29, 0.717) is 17.1 Å². The Morgan fingerprint density at radius 2 is 1.81 bits per heavy atom. The molecular weight excluding hydrogens is 426 g/mol. The largest absolute Gasteiger partial charge is 0.497 e. The molecule has 2 atom stereocenters. The maximum absolute atomic E-state index is 13.1. The van der Waals surface area contributed by atoms with E-state index in [-0.39, 0.29) is 23.8 Å². The minimum absolute atomic E-state index is 0.0450. The molecule has 1 fully saturated rings. The number of hydrogen-bond donors (Lipinski definition) is 2. The molecular formula is C25H32ClN3O3. The molecule has 1 aliphatic heterocycles. The van der Waals surface area contributed by atoms with E-state index >= 15 is 0 Å². The number of halogens is 1. The van der Waals surface area contributed by atoms with Gasteiger partial charge in [-0.2, -0.15) is 0 Å². The van der Waals surface area contributed by atoms with Crippen molar-refractivity contribution in [2.75, 3.05) is 26.7 Å². The molecule has 6 nitrogen and oxygen atoms in total. The Morgan fingerprint density at radius 1 is 1.09 bits per heavy atom. The molecule has 0 radical (unpaired) electrons. The van der Waals surface area contributed by atoms with Crippen LogP contribution >= 0.6 is 11.6 Å². The van der Waals surface area contributed by atoms with Crippen molar-refractivity contribution < 1.29 is 14.3 Å². The molecule has 1 aliphatic rings. The maximum Gasteiger partial charge on any atom is 0.253 e. The Morgan fingerprint density at radius 3 is 2.47 bits per heavy atom. The highest BCUT2D eigenvalue weighted by molar-refractivity contribution is 6.33. The molecule has 2 aromatic rings. The van der Waals surface area contributed by atoms with Gasteiger partial charge >= 0.3 is 0 Å². The average Bonchev–Trinajstić information content (AvgIpc) is 3.32. The molecule has 3 rings (SSSR count). The highest BCUT2D eigenvalue weighted by Gasteiger charge is 2.28. The van der Waals surface area contributed by atoms with Gasteiger partial charge in [0.15, 0.2) is 0 Å². The molecule has 2 N–H and O–H groups in total. The minimum atomic E-state index is -0.664. The van der Waals surface area contributed by atoms with Crippen molar-refractivity contribution in [3.63, 3.8) is 0 Å². The lowest BCUT2D eigenvalue weighted by molar-refractivity contribution is -0.124. The van der Waals surface area contributed by atoms with E-state index in [1.807, 2.05) is 32.0 Å². The number of hydrogen-bond acceptors (Lipinski definition) is 4. The Hall–Kier alpha value is -2.57. The summed E-state index contributed by atoms with van der Waals surface area (Å²) in [5.74, 6) is 0.161. The highest BCUT2D eigenvalue weighted by Crippen LogP contribution is 2.27. The second-order valence-corrected chi connectivity index (χ2v) is 8.86. The first kappa shape index (κ1) is 24.1. The number of likely N-dealkylation sites (tertiary alicyclic amines) is 1. The van der Waals surface area contributed by atoms with Crippen molar-refractivity contribution in [2.24, 2.45) is 5.92 Å². The molecule has 2 amide bonds. The summed E-state index contributed by atoms with van der Waals surface area (Å²) in [7, 11) is 1.65. The zero-order valence-corrected chi connectivity index (χ0v) is 19.7. The standard InChI is InChI=1S/C25H32ClN3O3/c1-17(2)23(28-24(30)20-11-4-5-12-21(20)26)25(31)27-16-22(29-13-6-7-14-29)18-9-8-10-19(15-18)32-3/h4-5,8-12,15,17,22-23H,6-7,13-14,16H2,1-3H3,(H,27,31)(H,28,30)/t22-,23+/m0/s1. The van der Waals surface area contributed by atoms with Crippen LogP contribution in [-0.2, 0) is 4.79 Å². The fourth-order valence-corrected chi connectivity index (χ4v) is 4.29. The minimum Gasteiger partial charge on any atom is -0.497 e. The molecule has 1 saturated heterocycles. The number of ether oxygens (including phenoxy) is 1. The first-order chi connectivity index (χ1) is 15.4. The van der Waals surface area contributed by atoms with Crippen molar-refractivity contribution in [3.8, 4) is 5.75 Å². The van der Waals surface area contributed by atoms with Crippen LogP contribution in [0.2, 0.25) is 5.02 Å². The maximum atomic E-state index is 13.1. The molecule has 0 aromatic heterocycles. The van der Waals surface area contributed by atoms with Crippen LogP contribution < -0.4 is 15.4 Å². The van der Waals surface area contributed by atoms with Gasteiger partial charge in [-0.15, -0.1) is 0 Å². The number of benzene rings is 2. The van der Waals surface area contributed by atoms with Gasteiger partial charge in [0.05, 0.1) is 23.7 Å². The quantitative estimate of drug-likeness (QED) is 0.595. The van der Waals surface area contributed by atoms with Gasteiger partial charge < -0.3 is 15.4 Å². The summed E-state index contributed by atoms with van der Waals surface area (Å²) >= 11 is 6.15. The topological polar surface area (TPSA) is 70.7 Å². The summed E-state index contributed by atoms with van der Waals surface area (Å²) in [5.41, 5.74) is 1.46. The molecule has 7 heteroatoms. The molecule has 0 bridgehead atoms. The third kappa shape index (κ3) is 6.02. The van der Waals surface area contributed by atoms with Crippen LogP contribution in [0.3, 0.4) is 0 Å². The van der Waals surface area contributed by atoms with Gasteiger partial charge in [0.2, 0.25) is 5.91 Å². The van der Waals surface area contributed by atoms with Crippen LogP contribution in [0.25, 0.3) is 0 Å². The van der Waals surface area contributed by atoms with Crippen LogP contribution in [0.5, 0.6) is 5.75 Å². The Balaban J connectivity index is 1.71. The second kappa shape index (κ2) is 11.3. The number of rotatable bonds is 9. The van der Waals surface area contributed by atoms with Gasteiger partial charge in [-0.25, -0.2) is 0 Å². The van der Waals surface area contributed by atoms with Crippen LogP contribution in [-0.4, -0.2) is 49.5 Å². The fourth-order valence-electron chi connectivity index (χ4n) is 4.07. The summed E-state index contributed by atoms with van der Waals surface area (Å²) in [4.78, 5) is 28.2. The third-order valence-electron chi connectivity index (χ3n) is 5.88. The van der Waals surface area contributed by atoms with Gasteiger partial charge in [-0.3, -0.25) is 14.5 Å². The summed E-state index contributed by atoms with van der Waals surface area (Å²) < 4.78 is 5.39. The van der Waals surface area contributed by atoms with E-state index in [9.17, 15) is 9.59 Å². The van der Waals surface area contributed by atoms with Gasteiger partial charge in [0, 0.05) is 6.54 Å².